The molecule has 1 saturated heterocycles. The predicted molar refractivity (Wildman–Crippen MR) is 84.0 cm³/mol. The number of nitrogens with zero attached hydrogens (tertiary/aromatic N) is 2. The van der Waals surface area contributed by atoms with Gasteiger partial charge in [-0.3, -0.25) is 4.90 Å². The lowest BCUT2D eigenvalue weighted by Crippen LogP contribution is -2.40. The summed E-state index contributed by atoms with van der Waals surface area (Å²) >= 11 is 0. The first-order chi connectivity index (χ1) is 10.3. The van der Waals surface area contributed by atoms with E-state index in [9.17, 15) is 13.2 Å². The van der Waals surface area contributed by atoms with Gasteiger partial charge in [-0.1, -0.05) is 19.1 Å². The molecular weight excluding hydrogens is 306 g/mol. The van der Waals surface area contributed by atoms with E-state index < -0.39 is 22.4 Å². The highest BCUT2D eigenvalue weighted by Crippen LogP contribution is 2.22. The molecule has 1 unspecified atom stereocenters. The number of ether oxygens (including phenoxy) is 1. The maximum Gasteiger partial charge on any atom is 0.414 e. The third-order valence-electron chi connectivity index (χ3n) is 3.50. The quantitative estimate of drug-likeness (QED) is 0.844. The Labute approximate surface area is 131 Å². The molecular formula is C14H21N3O4S. The first kappa shape index (κ1) is 16.7. The number of carbonyl (C=O) groups excluding carboxylic acids is 1. The van der Waals surface area contributed by atoms with E-state index in [1.807, 2.05) is 24.3 Å². The summed E-state index contributed by atoms with van der Waals surface area (Å²) in [5, 5.41) is 0. The molecule has 7 nitrogen and oxygen atoms in total. The number of rotatable bonds is 6. The lowest BCUT2D eigenvalue weighted by atomic mass is 10.1. The van der Waals surface area contributed by atoms with Crippen LogP contribution in [0.2, 0.25) is 0 Å². The largest absolute Gasteiger partial charge is 0.443 e. The van der Waals surface area contributed by atoms with Crippen LogP contribution in [-0.2, 0) is 21.4 Å². The molecule has 1 heterocycles. The van der Waals surface area contributed by atoms with Gasteiger partial charge < -0.3 is 4.74 Å². The van der Waals surface area contributed by atoms with Crippen LogP contribution in [0.25, 0.3) is 0 Å². The maximum absolute atomic E-state index is 11.9. The van der Waals surface area contributed by atoms with Gasteiger partial charge in [-0.15, -0.1) is 0 Å². The van der Waals surface area contributed by atoms with E-state index in [2.05, 4.69) is 11.6 Å². The summed E-state index contributed by atoms with van der Waals surface area (Å²) in [6.07, 6.45) is -0.0361. The van der Waals surface area contributed by atoms with E-state index in [1.54, 1.807) is 0 Å². The number of hydrogen-bond donors (Lipinski definition) is 1. The fourth-order valence-electron chi connectivity index (χ4n) is 2.08. The van der Waals surface area contributed by atoms with Gasteiger partial charge in [0.05, 0.1) is 13.1 Å². The van der Waals surface area contributed by atoms with Crippen molar-refractivity contribution in [3.8, 4) is 0 Å². The van der Waals surface area contributed by atoms with E-state index in [-0.39, 0.29) is 6.54 Å². The first-order valence-corrected chi connectivity index (χ1v) is 8.51. The van der Waals surface area contributed by atoms with Crippen LogP contribution in [-0.4, -0.2) is 52.1 Å². The Kier molecular flexibility index (Phi) is 5.05. The zero-order valence-electron chi connectivity index (χ0n) is 12.9. The smallest absolute Gasteiger partial charge is 0.414 e. The molecule has 1 aromatic carbocycles. The van der Waals surface area contributed by atoms with E-state index in [4.69, 9.17) is 4.74 Å². The van der Waals surface area contributed by atoms with Crippen molar-refractivity contribution in [3.63, 3.8) is 0 Å². The minimum Gasteiger partial charge on any atom is -0.443 e. The van der Waals surface area contributed by atoms with Gasteiger partial charge in [-0.25, -0.2) is 4.79 Å². The molecule has 22 heavy (non-hydrogen) atoms. The highest BCUT2D eigenvalue weighted by atomic mass is 32.2. The fraction of sp³-hybridized carbons (Fsp3) is 0.500. The highest BCUT2D eigenvalue weighted by molar-refractivity contribution is 7.87. The highest BCUT2D eigenvalue weighted by Gasteiger charge is 2.33. The standard InChI is InChI=1S/C14H21N3O4S/c1-4-11-5-7-12(8-6-11)17-10-13(21-14(17)18)9-15-22(19,20)16(2)3/h5-8,13,15H,4,9-10H2,1-3H3. The third kappa shape index (κ3) is 3.76. The summed E-state index contributed by atoms with van der Waals surface area (Å²) in [7, 11) is -0.651. The van der Waals surface area contributed by atoms with Crippen LogP contribution >= 0.6 is 0 Å². The molecule has 1 aliphatic rings. The summed E-state index contributed by atoms with van der Waals surface area (Å²) in [4.78, 5) is 13.4. The molecule has 0 spiro atoms. The van der Waals surface area contributed by atoms with Crippen molar-refractivity contribution in [1.82, 2.24) is 9.03 Å². The Balaban J connectivity index is 1.98. The molecule has 1 aromatic rings. The molecule has 0 saturated carbocycles. The summed E-state index contributed by atoms with van der Waals surface area (Å²) in [6, 6.07) is 7.66. The number of hydrogen-bond acceptors (Lipinski definition) is 4. The number of anilines is 1. The van der Waals surface area contributed by atoms with Gasteiger partial charge in [0, 0.05) is 19.8 Å². The Hall–Kier alpha value is -1.64. The third-order valence-corrected chi connectivity index (χ3v) is 5.00. The topological polar surface area (TPSA) is 79.0 Å². The lowest BCUT2D eigenvalue weighted by molar-refractivity contribution is 0.143. The average molecular weight is 327 g/mol. The molecule has 1 aliphatic heterocycles. The second-order valence-electron chi connectivity index (χ2n) is 5.27. The van der Waals surface area contributed by atoms with Gasteiger partial charge >= 0.3 is 6.09 Å². The molecule has 1 N–H and O–H groups in total. The monoisotopic (exact) mass is 327 g/mol. The average Bonchev–Trinajstić information content (AvgIpc) is 2.86. The Morgan fingerprint density at radius 2 is 1.95 bits per heavy atom. The van der Waals surface area contributed by atoms with Crippen molar-refractivity contribution < 1.29 is 17.9 Å². The van der Waals surface area contributed by atoms with Crippen molar-refractivity contribution in [2.75, 3.05) is 32.1 Å². The molecule has 1 amide bonds. The van der Waals surface area contributed by atoms with Crippen LogP contribution in [0.5, 0.6) is 0 Å². The summed E-state index contributed by atoms with van der Waals surface area (Å²) in [6.45, 7) is 2.43. The fourth-order valence-corrected chi connectivity index (χ4v) is 2.73. The minimum absolute atomic E-state index is 0.0514. The molecule has 8 heteroatoms. The summed E-state index contributed by atoms with van der Waals surface area (Å²) < 4.78 is 32.0. The van der Waals surface area contributed by atoms with Gasteiger partial charge in [0.1, 0.15) is 6.10 Å². The van der Waals surface area contributed by atoms with Crippen LogP contribution in [0.4, 0.5) is 10.5 Å². The molecule has 0 aromatic heterocycles. The number of nitrogens with one attached hydrogen (secondary N) is 1. The van der Waals surface area contributed by atoms with Crippen LogP contribution in [0.15, 0.2) is 24.3 Å². The summed E-state index contributed by atoms with van der Waals surface area (Å²) in [5.74, 6) is 0. The van der Waals surface area contributed by atoms with Crippen molar-refractivity contribution in [3.05, 3.63) is 29.8 Å². The molecule has 1 fully saturated rings. The van der Waals surface area contributed by atoms with E-state index in [0.29, 0.717) is 6.54 Å². The van der Waals surface area contributed by atoms with Gasteiger partial charge in [0.2, 0.25) is 0 Å². The number of carbonyl (C=O) groups is 1. The Morgan fingerprint density at radius 1 is 1.32 bits per heavy atom. The van der Waals surface area contributed by atoms with Gasteiger partial charge in [-0.05, 0) is 24.1 Å². The zero-order chi connectivity index (χ0) is 16.3. The van der Waals surface area contributed by atoms with Crippen LogP contribution < -0.4 is 9.62 Å². The van der Waals surface area contributed by atoms with Crippen molar-refractivity contribution in [2.24, 2.45) is 0 Å². The van der Waals surface area contributed by atoms with Gasteiger partial charge in [-0.2, -0.15) is 17.4 Å². The second-order valence-corrected chi connectivity index (χ2v) is 7.24. The first-order valence-electron chi connectivity index (χ1n) is 7.07. The van der Waals surface area contributed by atoms with Crippen molar-refractivity contribution in [2.45, 2.75) is 19.4 Å². The van der Waals surface area contributed by atoms with E-state index in [0.717, 1.165) is 16.4 Å². The molecule has 0 bridgehead atoms. The maximum atomic E-state index is 11.9. The number of cyclic esters (lactones) is 1. The number of aryl methyl sites for hydroxylation is 1. The Bertz CT molecular complexity index is 628. The van der Waals surface area contributed by atoms with E-state index >= 15 is 0 Å². The number of benzene rings is 1. The molecule has 0 aliphatic carbocycles. The zero-order valence-corrected chi connectivity index (χ0v) is 13.8. The van der Waals surface area contributed by atoms with Crippen LogP contribution in [0.1, 0.15) is 12.5 Å². The van der Waals surface area contributed by atoms with Crippen LogP contribution in [0.3, 0.4) is 0 Å². The number of amides is 1. The van der Waals surface area contributed by atoms with Crippen LogP contribution in [0, 0.1) is 0 Å². The summed E-state index contributed by atoms with van der Waals surface area (Å²) in [5.41, 5.74) is 1.94. The second kappa shape index (κ2) is 6.64. The Morgan fingerprint density at radius 3 is 2.50 bits per heavy atom. The molecule has 2 rings (SSSR count). The predicted octanol–water partition coefficient (Wildman–Crippen LogP) is 0.970. The van der Waals surface area contributed by atoms with Gasteiger partial charge in [0.25, 0.3) is 10.2 Å². The van der Waals surface area contributed by atoms with Crippen molar-refractivity contribution in [1.29, 1.82) is 0 Å². The minimum atomic E-state index is -3.52. The molecule has 0 radical (unpaired) electrons. The molecule has 1 atom stereocenters. The lowest BCUT2D eigenvalue weighted by Gasteiger charge is -2.15. The molecule has 122 valence electrons. The SMILES string of the molecule is CCc1ccc(N2CC(CNS(=O)(=O)N(C)C)OC2=O)cc1. The van der Waals surface area contributed by atoms with E-state index in [1.165, 1.54) is 24.6 Å². The normalized spacial score (nSPS) is 18.8. The van der Waals surface area contributed by atoms with Gasteiger partial charge in [0.15, 0.2) is 0 Å². The van der Waals surface area contributed by atoms with Crippen molar-refractivity contribution >= 4 is 22.0 Å².